The molecule has 0 aromatic heterocycles. The average molecular weight is 638 g/mol. The number of anilines is 2. The van der Waals surface area contributed by atoms with Crippen LogP contribution in [0.3, 0.4) is 0 Å². The monoisotopic (exact) mass is 637 g/mol. The highest BCUT2D eigenvalue weighted by Crippen LogP contribution is 2.23. The molecule has 0 aliphatic carbocycles. The van der Waals surface area contributed by atoms with Crippen LogP contribution in [0.25, 0.3) is 6.08 Å². The lowest BCUT2D eigenvalue weighted by Gasteiger charge is -2.12. The summed E-state index contributed by atoms with van der Waals surface area (Å²) in [6, 6.07) is 29.3. The number of hydrogen-bond donors (Lipinski definition) is 3. The predicted molar refractivity (Wildman–Crippen MR) is 181 cm³/mol. The van der Waals surface area contributed by atoms with Crippen LogP contribution in [0.15, 0.2) is 114 Å². The van der Waals surface area contributed by atoms with Crippen molar-refractivity contribution in [2.75, 3.05) is 30.1 Å². The van der Waals surface area contributed by atoms with Crippen LogP contribution in [-0.2, 0) is 14.3 Å². The molecule has 0 radical (unpaired) electrons. The molecular weight excluding hydrogens is 602 g/mol. The Labute approximate surface area is 272 Å². The third-order valence-corrected chi connectivity index (χ3v) is 7.55. The third-order valence-electron chi connectivity index (χ3n) is 6.55. The fraction of sp³-hybridized carbons (Fsp3) is 0.167. The van der Waals surface area contributed by atoms with E-state index in [0.29, 0.717) is 40.4 Å². The first-order valence-corrected chi connectivity index (χ1v) is 15.7. The van der Waals surface area contributed by atoms with Crippen molar-refractivity contribution in [3.8, 4) is 5.75 Å². The number of carbonyl (C=O) groups is 4. The summed E-state index contributed by atoms with van der Waals surface area (Å²) in [6.07, 6.45) is 3.33. The maximum atomic E-state index is 13.4. The van der Waals surface area contributed by atoms with Crippen LogP contribution in [0.5, 0.6) is 5.75 Å². The van der Waals surface area contributed by atoms with Crippen LogP contribution in [0, 0.1) is 0 Å². The normalized spacial score (nSPS) is 10.9. The van der Waals surface area contributed by atoms with Crippen LogP contribution in [-0.4, -0.2) is 43.2 Å². The first-order valence-electron chi connectivity index (χ1n) is 14.7. The van der Waals surface area contributed by atoms with Gasteiger partial charge in [-0.05, 0) is 84.8 Å². The topological polar surface area (TPSA) is 123 Å². The largest absolute Gasteiger partial charge is 0.497 e. The lowest BCUT2D eigenvalue weighted by Crippen LogP contribution is -2.30. The van der Waals surface area contributed by atoms with E-state index in [4.69, 9.17) is 9.47 Å². The number of carbonyl (C=O) groups excluding carboxylic acids is 4. The van der Waals surface area contributed by atoms with Crippen molar-refractivity contribution in [2.24, 2.45) is 0 Å². The third kappa shape index (κ3) is 10.4. The molecule has 3 amide bonds. The zero-order chi connectivity index (χ0) is 32.7. The van der Waals surface area contributed by atoms with E-state index < -0.39 is 17.8 Å². The summed E-state index contributed by atoms with van der Waals surface area (Å²) >= 11 is 1.30. The molecule has 9 nitrogen and oxygen atoms in total. The Morgan fingerprint density at radius 1 is 0.783 bits per heavy atom. The predicted octanol–water partition coefficient (Wildman–Crippen LogP) is 6.79. The molecule has 0 spiro atoms. The van der Waals surface area contributed by atoms with Gasteiger partial charge in [0.1, 0.15) is 11.4 Å². The molecule has 0 saturated heterocycles. The molecule has 0 unspecified atom stereocenters. The highest BCUT2D eigenvalue weighted by Gasteiger charge is 2.16. The minimum absolute atomic E-state index is 0.0525. The van der Waals surface area contributed by atoms with E-state index in [1.165, 1.54) is 11.8 Å². The summed E-state index contributed by atoms with van der Waals surface area (Å²) in [5.41, 5.74) is 2.63. The number of hydrogen-bond acceptors (Lipinski definition) is 7. The van der Waals surface area contributed by atoms with Crippen molar-refractivity contribution in [2.45, 2.75) is 24.7 Å². The van der Waals surface area contributed by atoms with Gasteiger partial charge in [-0.1, -0.05) is 49.7 Å². The van der Waals surface area contributed by atoms with E-state index in [1.54, 1.807) is 110 Å². The molecule has 0 bridgehead atoms. The molecule has 4 aromatic carbocycles. The van der Waals surface area contributed by atoms with Crippen LogP contribution in [0.4, 0.5) is 11.4 Å². The first-order chi connectivity index (χ1) is 22.3. The fourth-order valence-corrected chi connectivity index (χ4v) is 4.85. The first kappa shape index (κ1) is 33.5. The van der Waals surface area contributed by atoms with Crippen molar-refractivity contribution in [1.82, 2.24) is 5.32 Å². The Morgan fingerprint density at radius 2 is 1.52 bits per heavy atom. The Morgan fingerprint density at radius 3 is 2.22 bits per heavy atom. The fourth-order valence-electron chi connectivity index (χ4n) is 4.10. The van der Waals surface area contributed by atoms with E-state index in [-0.39, 0.29) is 17.4 Å². The number of methoxy groups -OCH3 is 1. The van der Waals surface area contributed by atoms with Gasteiger partial charge in [0.05, 0.1) is 25.0 Å². The second-order valence-corrected chi connectivity index (χ2v) is 11.1. The molecule has 0 fully saturated rings. The van der Waals surface area contributed by atoms with Crippen molar-refractivity contribution in [1.29, 1.82) is 0 Å². The second-order valence-electron chi connectivity index (χ2n) is 10.0. The molecular formula is C36H35N3O6S. The minimum Gasteiger partial charge on any atom is -0.497 e. The average Bonchev–Trinajstić information content (AvgIpc) is 3.08. The lowest BCUT2D eigenvalue weighted by molar-refractivity contribution is -0.114. The molecule has 4 aromatic rings. The van der Waals surface area contributed by atoms with E-state index >= 15 is 0 Å². The Hall–Kier alpha value is -5.35. The number of esters is 1. The smallest absolute Gasteiger partial charge is 0.338 e. The second kappa shape index (κ2) is 17.2. The zero-order valence-electron chi connectivity index (χ0n) is 25.6. The molecule has 0 aliphatic heterocycles. The maximum Gasteiger partial charge on any atom is 0.338 e. The Balaban J connectivity index is 1.37. The molecule has 4 rings (SSSR count). The summed E-state index contributed by atoms with van der Waals surface area (Å²) in [5, 5.41) is 8.38. The summed E-state index contributed by atoms with van der Waals surface area (Å²) in [4.78, 5) is 51.8. The molecule has 0 atom stereocenters. The van der Waals surface area contributed by atoms with Crippen LogP contribution in [0.1, 0.15) is 46.0 Å². The van der Waals surface area contributed by atoms with E-state index in [0.717, 1.165) is 17.7 Å². The molecule has 0 heterocycles. The van der Waals surface area contributed by atoms with Gasteiger partial charge in [0.15, 0.2) is 0 Å². The van der Waals surface area contributed by atoms with Crippen molar-refractivity contribution >= 4 is 52.9 Å². The number of nitrogens with one attached hydrogen (secondary N) is 3. The molecule has 0 aliphatic rings. The summed E-state index contributed by atoms with van der Waals surface area (Å²) < 4.78 is 10.4. The van der Waals surface area contributed by atoms with Gasteiger partial charge in [-0.15, -0.1) is 11.8 Å². The van der Waals surface area contributed by atoms with Crippen LogP contribution >= 0.6 is 11.8 Å². The number of rotatable bonds is 14. The van der Waals surface area contributed by atoms with Gasteiger partial charge in [0.25, 0.3) is 11.8 Å². The number of ether oxygens (including phenoxy) is 2. The van der Waals surface area contributed by atoms with Gasteiger partial charge in [0, 0.05) is 21.8 Å². The number of unbranched alkanes of at least 4 members (excludes halogenated alkanes) is 1. The van der Waals surface area contributed by atoms with Gasteiger partial charge in [-0.3, -0.25) is 14.4 Å². The van der Waals surface area contributed by atoms with Gasteiger partial charge in [-0.2, -0.15) is 0 Å². The van der Waals surface area contributed by atoms with Crippen molar-refractivity contribution in [3.63, 3.8) is 0 Å². The lowest BCUT2D eigenvalue weighted by atomic mass is 10.1. The summed E-state index contributed by atoms with van der Waals surface area (Å²) in [7, 11) is 1.57. The van der Waals surface area contributed by atoms with Gasteiger partial charge in [-0.25, -0.2) is 4.79 Å². The van der Waals surface area contributed by atoms with Gasteiger partial charge in [0.2, 0.25) is 5.91 Å². The Bertz CT molecular complexity index is 1670. The molecule has 46 heavy (non-hydrogen) atoms. The Kier molecular flexibility index (Phi) is 12.6. The number of thioether (sulfide) groups is 1. The standard InChI is InChI=1S/C36H35N3O6S/c1-3-4-21-45-36(43)27-15-17-28(18-16-27)37-33(40)24-46-31-12-8-11-29(23-31)38-35(42)32(22-25-13-19-30(44-2)20-14-25)39-34(41)26-9-6-5-7-10-26/h5-20,22-23H,3-4,21,24H2,1-2H3,(H,37,40)(H,38,42)(H,39,41)/b32-22+. The van der Waals surface area contributed by atoms with Crippen molar-refractivity contribution < 1.29 is 28.7 Å². The molecule has 0 saturated carbocycles. The van der Waals surface area contributed by atoms with Gasteiger partial charge < -0.3 is 25.4 Å². The highest BCUT2D eigenvalue weighted by atomic mass is 32.2. The molecule has 10 heteroatoms. The van der Waals surface area contributed by atoms with E-state index in [9.17, 15) is 19.2 Å². The minimum atomic E-state index is -0.516. The van der Waals surface area contributed by atoms with Gasteiger partial charge >= 0.3 is 5.97 Å². The number of amides is 3. The van der Waals surface area contributed by atoms with Crippen LogP contribution in [0.2, 0.25) is 0 Å². The quantitative estimate of drug-likeness (QED) is 0.0602. The SMILES string of the molecule is CCCCOC(=O)c1ccc(NC(=O)CSc2cccc(NC(=O)/C(=C\c3ccc(OC)cc3)NC(=O)c3ccccc3)c2)cc1. The summed E-state index contributed by atoms with van der Waals surface area (Å²) in [5.74, 6) is -0.780. The van der Waals surface area contributed by atoms with Crippen molar-refractivity contribution in [3.05, 3.63) is 126 Å². The number of benzene rings is 4. The highest BCUT2D eigenvalue weighted by molar-refractivity contribution is 8.00. The molecule has 3 N–H and O–H groups in total. The van der Waals surface area contributed by atoms with E-state index in [2.05, 4.69) is 16.0 Å². The maximum absolute atomic E-state index is 13.4. The van der Waals surface area contributed by atoms with E-state index in [1.807, 2.05) is 13.0 Å². The molecule has 236 valence electrons. The zero-order valence-corrected chi connectivity index (χ0v) is 26.4. The van der Waals surface area contributed by atoms with Crippen LogP contribution < -0.4 is 20.7 Å². The summed E-state index contributed by atoms with van der Waals surface area (Å²) in [6.45, 7) is 2.40.